The van der Waals surface area contributed by atoms with Crippen LogP contribution in [0, 0.1) is 13.8 Å². The Morgan fingerprint density at radius 3 is 2.22 bits per heavy atom. The van der Waals surface area contributed by atoms with Crippen molar-refractivity contribution in [3.8, 4) is 5.75 Å². The molecule has 0 unspecified atom stereocenters. The lowest BCUT2D eigenvalue weighted by atomic mass is 10.1. The first-order valence-electron chi connectivity index (χ1n) is 10.5. The lowest BCUT2D eigenvalue weighted by molar-refractivity contribution is 0.102. The van der Waals surface area contributed by atoms with Crippen molar-refractivity contribution in [1.29, 1.82) is 0 Å². The molecule has 0 saturated carbocycles. The van der Waals surface area contributed by atoms with E-state index in [9.17, 15) is 13.2 Å². The average molecular weight is 453 g/mol. The van der Waals surface area contributed by atoms with E-state index in [0.29, 0.717) is 29.3 Å². The fourth-order valence-corrected chi connectivity index (χ4v) is 4.39. The molecule has 0 aliphatic carbocycles. The monoisotopic (exact) mass is 452 g/mol. The molecule has 0 aliphatic heterocycles. The zero-order valence-corrected chi connectivity index (χ0v) is 19.3. The van der Waals surface area contributed by atoms with Gasteiger partial charge in [0.25, 0.3) is 15.9 Å². The first-order valence-corrected chi connectivity index (χ1v) is 12.0. The molecule has 0 bridgehead atoms. The van der Waals surface area contributed by atoms with Crippen LogP contribution in [0.4, 0.5) is 11.4 Å². The van der Waals surface area contributed by atoms with Crippen molar-refractivity contribution in [2.75, 3.05) is 16.6 Å². The van der Waals surface area contributed by atoms with E-state index in [-0.39, 0.29) is 10.8 Å². The molecule has 0 atom stereocenters. The molecule has 0 spiro atoms. The van der Waals surface area contributed by atoms with Crippen LogP contribution in [0.25, 0.3) is 0 Å². The van der Waals surface area contributed by atoms with Gasteiger partial charge in [-0.3, -0.25) is 9.52 Å². The standard InChI is InChI=1S/C25H28N2O4S/c1-4-5-17-31-23-12-7-6-11-22(23)25(28)26-20-13-15-21(16-14-20)32(29,30)27-24-18(2)9-8-10-19(24)3/h6-16,27H,4-5,17H2,1-3H3,(H,26,28). The van der Waals surface area contributed by atoms with Gasteiger partial charge in [-0.1, -0.05) is 43.7 Å². The van der Waals surface area contributed by atoms with Crippen molar-refractivity contribution in [2.45, 2.75) is 38.5 Å². The molecule has 7 heteroatoms. The molecule has 32 heavy (non-hydrogen) atoms. The minimum Gasteiger partial charge on any atom is -0.493 e. The lowest BCUT2D eigenvalue weighted by Gasteiger charge is -2.14. The van der Waals surface area contributed by atoms with Gasteiger partial charge in [0.05, 0.1) is 22.8 Å². The third-order valence-corrected chi connectivity index (χ3v) is 6.39. The number of unbranched alkanes of at least 4 members (excludes halogenated alkanes) is 1. The number of aryl methyl sites for hydroxylation is 2. The van der Waals surface area contributed by atoms with Gasteiger partial charge in [-0.05, 0) is 67.8 Å². The van der Waals surface area contributed by atoms with Crippen LogP contribution < -0.4 is 14.8 Å². The van der Waals surface area contributed by atoms with Crippen LogP contribution in [0.2, 0.25) is 0 Å². The first-order chi connectivity index (χ1) is 15.3. The van der Waals surface area contributed by atoms with Crippen LogP contribution in [0.3, 0.4) is 0 Å². The summed E-state index contributed by atoms with van der Waals surface area (Å²) in [5.74, 6) is 0.205. The third kappa shape index (κ3) is 5.68. The van der Waals surface area contributed by atoms with E-state index in [4.69, 9.17) is 4.74 Å². The van der Waals surface area contributed by atoms with Gasteiger partial charge < -0.3 is 10.1 Å². The summed E-state index contributed by atoms with van der Waals surface area (Å²) in [4.78, 5) is 12.9. The quantitative estimate of drug-likeness (QED) is 0.418. The van der Waals surface area contributed by atoms with Gasteiger partial charge in [0.2, 0.25) is 0 Å². The van der Waals surface area contributed by atoms with Crippen molar-refractivity contribution in [2.24, 2.45) is 0 Å². The van der Waals surface area contributed by atoms with Gasteiger partial charge >= 0.3 is 0 Å². The summed E-state index contributed by atoms with van der Waals surface area (Å²) in [6, 6.07) is 18.7. The number of hydrogen-bond acceptors (Lipinski definition) is 4. The maximum absolute atomic E-state index is 12.8. The summed E-state index contributed by atoms with van der Waals surface area (Å²) in [7, 11) is -3.76. The number of para-hydroxylation sites is 2. The number of nitrogens with one attached hydrogen (secondary N) is 2. The van der Waals surface area contributed by atoms with Crippen molar-refractivity contribution < 1.29 is 17.9 Å². The molecule has 2 N–H and O–H groups in total. The highest BCUT2D eigenvalue weighted by molar-refractivity contribution is 7.92. The number of ether oxygens (including phenoxy) is 1. The lowest BCUT2D eigenvalue weighted by Crippen LogP contribution is -2.16. The third-order valence-electron chi connectivity index (χ3n) is 5.03. The Labute approximate surface area is 189 Å². The smallest absolute Gasteiger partial charge is 0.261 e. The van der Waals surface area contributed by atoms with E-state index in [0.717, 1.165) is 24.0 Å². The molecular formula is C25H28N2O4S. The van der Waals surface area contributed by atoms with Crippen molar-refractivity contribution in [3.63, 3.8) is 0 Å². The molecule has 3 rings (SSSR count). The number of hydrogen-bond donors (Lipinski definition) is 2. The van der Waals surface area contributed by atoms with Crippen LogP contribution in [0.15, 0.2) is 71.6 Å². The molecule has 6 nitrogen and oxygen atoms in total. The normalized spacial score (nSPS) is 11.1. The van der Waals surface area contributed by atoms with Gasteiger partial charge in [0, 0.05) is 5.69 Å². The van der Waals surface area contributed by atoms with Crippen LogP contribution >= 0.6 is 0 Å². The molecule has 168 valence electrons. The van der Waals surface area contributed by atoms with E-state index in [1.165, 1.54) is 12.1 Å². The van der Waals surface area contributed by atoms with Gasteiger partial charge in [0.1, 0.15) is 5.75 Å². The molecule has 3 aromatic rings. The minimum absolute atomic E-state index is 0.112. The van der Waals surface area contributed by atoms with E-state index >= 15 is 0 Å². The molecule has 0 aromatic heterocycles. The summed E-state index contributed by atoms with van der Waals surface area (Å²) in [5.41, 5.74) is 3.18. The van der Waals surface area contributed by atoms with Crippen LogP contribution in [0.5, 0.6) is 5.75 Å². The number of anilines is 2. The highest BCUT2D eigenvalue weighted by atomic mass is 32.2. The Bertz CT molecular complexity index is 1170. The molecule has 0 fully saturated rings. The predicted octanol–water partition coefficient (Wildman–Crippen LogP) is 5.54. The van der Waals surface area contributed by atoms with E-state index < -0.39 is 10.0 Å². The molecular weight excluding hydrogens is 424 g/mol. The van der Waals surface area contributed by atoms with Crippen LogP contribution in [0.1, 0.15) is 41.3 Å². The van der Waals surface area contributed by atoms with Gasteiger partial charge in [-0.25, -0.2) is 8.42 Å². The Kier molecular flexibility index (Phi) is 7.53. The summed E-state index contributed by atoms with van der Waals surface area (Å²) in [6.07, 6.45) is 1.91. The fraction of sp³-hybridized carbons (Fsp3) is 0.240. The Hall–Kier alpha value is -3.32. The molecule has 3 aromatic carbocycles. The summed E-state index contributed by atoms with van der Waals surface area (Å²) < 4.78 is 34.0. The number of carbonyl (C=O) groups excluding carboxylic acids is 1. The zero-order valence-electron chi connectivity index (χ0n) is 18.5. The number of rotatable bonds is 9. The second kappa shape index (κ2) is 10.3. The molecule has 0 saturated heterocycles. The number of sulfonamides is 1. The average Bonchev–Trinajstić information content (AvgIpc) is 2.77. The second-order valence-corrected chi connectivity index (χ2v) is 9.23. The Balaban J connectivity index is 1.73. The highest BCUT2D eigenvalue weighted by Crippen LogP contribution is 2.25. The maximum atomic E-state index is 12.8. The second-order valence-electron chi connectivity index (χ2n) is 7.55. The number of benzene rings is 3. The summed E-state index contributed by atoms with van der Waals surface area (Å²) >= 11 is 0. The molecule has 0 radical (unpaired) electrons. The van der Waals surface area contributed by atoms with Crippen LogP contribution in [-0.4, -0.2) is 20.9 Å². The number of amides is 1. The fourth-order valence-electron chi connectivity index (χ4n) is 3.19. The summed E-state index contributed by atoms with van der Waals surface area (Å²) in [5, 5.41) is 2.80. The first kappa shape index (κ1) is 23.3. The highest BCUT2D eigenvalue weighted by Gasteiger charge is 2.17. The SMILES string of the molecule is CCCCOc1ccccc1C(=O)Nc1ccc(S(=O)(=O)Nc2c(C)cccc2C)cc1. The Morgan fingerprint density at radius 2 is 1.56 bits per heavy atom. The molecule has 1 amide bonds. The van der Waals surface area contributed by atoms with Gasteiger partial charge in [-0.15, -0.1) is 0 Å². The minimum atomic E-state index is -3.76. The maximum Gasteiger partial charge on any atom is 0.261 e. The van der Waals surface area contributed by atoms with Gasteiger partial charge in [-0.2, -0.15) is 0 Å². The summed E-state index contributed by atoms with van der Waals surface area (Å²) in [6.45, 7) is 6.32. The zero-order chi connectivity index (χ0) is 23.1. The largest absolute Gasteiger partial charge is 0.493 e. The number of carbonyl (C=O) groups is 1. The van der Waals surface area contributed by atoms with Crippen molar-refractivity contribution in [1.82, 2.24) is 0 Å². The topological polar surface area (TPSA) is 84.5 Å². The van der Waals surface area contributed by atoms with E-state index in [1.807, 2.05) is 38.1 Å². The predicted molar refractivity (Wildman–Crippen MR) is 128 cm³/mol. The van der Waals surface area contributed by atoms with E-state index in [2.05, 4.69) is 17.0 Å². The van der Waals surface area contributed by atoms with Crippen LogP contribution in [-0.2, 0) is 10.0 Å². The van der Waals surface area contributed by atoms with Crippen molar-refractivity contribution in [3.05, 3.63) is 83.4 Å². The Morgan fingerprint density at radius 1 is 0.906 bits per heavy atom. The van der Waals surface area contributed by atoms with Crippen molar-refractivity contribution >= 4 is 27.3 Å². The van der Waals surface area contributed by atoms with Gasteiger partial charge in [0.15, 0.2) is 0 Å². The molecule has 0 aliphatic rings. The van der Waals surface area contributed by atoms with E-state index in [1.54, 1.807) is 30.3 Å². The molecule has 0 heterocycles.